The number of carboxylic acid groups (broad SMARTS) is 1. The monoisotopic (exact) mass is 293 g/mol. The topological polar surface area (TPSA) is 66.4 Å². The fourth-order valence-electron chi connectivity index (χ4n) is 2.85. The fourth-order valence-corrected chi connectivity index (χ4v) is 2.85. The van der Waals surface area contributed by atoms with Crippen LogP contribution in [-0.2, 0) is 16.0 Å². The first kappa shape index (κ1) is 15.5. The van der Waals surface area contributed by atoms with Gasteiger partial charge in [-0.2, -0.15) is 0 Å². The Morgan fingerprint density at radius 3 is 2.62 bits per heavy atom. The van der Waals surface area contributed by atoms with Gasteiger partial charge in [-0.3, -0.25) is 9.59 Å². The van der Waals surface area contributed by atoms with Crippen LogP contribution < -0.4 is 5.32 Å². The highest BCUT2D eigenvalue weighted by Crippen LogP contribution is 2.24. The maximum atomic E-state index is 13.5. The maximum Gasteiger partial charge on any atom is 0.308 e. The van der Waals surface area contributed by atoms with Crippen LogP contribution in [0.2, 0.25) is 0 Å². The van der Waals surface area contributed by atoms with Crippen LogP contribution in [0.15, 0.2) is 24.3 Å². The van der Waals surface area contributed by atoms with E-state index in [0.717, 1.165) is 19.3 Å². The second-order valence-corrected chi connectivity index (χ2v) is 5.52. The molecule has 1 amide bonds. The highest BCUT2D eigenvalue weighted by atomic mass is 19.1. The number of hydrogen-bond acceptors (Lipinski definition) is 2. The van der Waals surface area contributed by atoms with Crippen LogP contribution in [0.3, 0.4) is 0 Å². The van der Waals surface area contributed by atoms with Gasteiger partial charge in [0.15, 0.2) is 0 Å². The van der Waals surface area contributed by atoms with Crippen molar-refractivity contribution in [1.29, 1.82) is 0 Å². The first-order valence-corrected chi connectivity index (χ1v) is 7.33. The van der Waals surface area contributed by atoms with Crippen LogP contribution in [0, 0.1) is 11.7 Å². The lowest BCUT2D eigenvalue weighted by Gasteiger charge is -2.23. The Morgan fingerprint density at radius 2 is 1.90 bits per heavy atom. The molecule has 0 saturated heterocycles. The van der Waals surface area contributed by atoms with Crippen LogP contribution in [0.4, 0.5) is 4.39 Å². The summed E-state index contributed by atoms with van der Waals surface area (Å²) in [6.45, 7) is 0. The molecule has 1 fully saturated rings. The number of carbonyl (C=O) groups excluding carboxylic acids is 1. The number of rotatable bonds is 4. The zero-order chi connectivity index (χ0) is 15.2. The summed E-state index contributed by atoms with van der Waals surface area (Å²) >= 11 is 0. The molecule has 21 heavy (non-hydrogen) atoms. The van der Waals surface area contributed by atoms with Gasteiger partial charge in [0.1, 0.15) is 5.82 Å². The highest BCUT2D eigenvalue weighted by Gasteiger charge is 2.30. The second-order valence-electron chi connectivity index (χ2n) is 5.52. The maximum absolute atomic E-state index is 13.5. The third kappa shape index (κ3) is 4.28. The zero-order valence-electron chi connectivity index (χ0n) is 11.8. The molecule has 1 aliphatic carbocycles. The number of benzene rings is 1. The molecule has 0 bridgehead atoms. The Balaban J connectivity index is 2.00. The van der Waals surface area contributed by atoms with E-state index in [2.05, 4.69) is 5.32 Å². The van der Waals surface area contributed by atoms with Gasteiger partial charge in [-0.05, 0) is 24.5 Å². The minimum atomic E-state index is -0.868. The molecule has 2 unspecified atom stereocenters. The third-order valence-corrected chi connectivity index (χ3v) is 3.99. The molecular formula is C16H20FNO3. The summed E-state index contributed by atoms with van der Waals surface area (Å²) in [5, 5.41) is 12.0. The van der Waals surface area contributed by atoms with E-state index >= 15 is 0 Å². The number of nitrogens with one attached hydrogen (secondary N) is 1. The van der Waals surface area contributed by atoms with Crippen molar-refractivity contribution >= 4 is 11.9 Å². The molecule has 114 valence electrons. The van der Waals surface area contributed by atoms with Crippen molar-refractivity contribution in [1.82, 2.24) is 5.32 Å². The van der Waals surface area contributed by atoms with Crippen molar-refractivity contribution < 1.29 is 19.1 Å². The van der Waals surface area contributed by atoms with Gasteiger partial charge >= 0.3 is 5.97 Å². The lowest BCUT2D eigenvalue weighted by molar-refractivity contribution is -0.143. The van der Waals surface area contributed by atoms with Gasteiger partial charge in [0.2, 0.25) is 5.91 Å². The molecule has 0 aliphatic heterocycles. The van der Waals surface area contributed by atoms with E-state index in [-0.39, 0.29) is 18.4 Å². The zero-order valence-corrected chi connectivity index (χ0v) is 11.8. The molecule has 1 saturated carbocycles. The Morgan fingerprint density at radius 1 is 1.19 bits per heavy atom. The molecule has 0 aromatic heterocycles. The van der Waals surface area contributed by atoms with Crippen LogP contribution in [0.5, 0.6) is 0 Å². The van der Waals surface area contributed by atoms with Crippen molar-refractivity contribution in [3.63, 3.8) is 0 Å². The minimum absolute atomic E-state index is 0.0600. The summed E-state index contributed by atoms with van der Waals surface area (Å²) in [5.74, 6) is -2.15. The Kier molecular flexibility index (Phi) is 5.31. The molecule has 0 heterocycles. The normalized spacial score (nSPS) is 22.3. The number of hydrogen-bond donors (Lipinski definition) is 2. The van der Waals surface area contributed by atoms with Gasteiger partial charge in [0.25, 0.3) is 0 Å². The number of carboxylic acids is 1. The molecule has 1 aliphatic rings. The van der Waals surface area contributed by atoms with E-state index in [1.807, 2.05) is 0 Å². The van der Waals surface area contributed by atoms with Crippen molar-refractivity contribution in [3.8, 4) is 0 Å². The van der Waals surface area contributed by atoms with Gasteiger partial charge in [-0.25, -0.2) is 4.39 Å². The van der Waals surface area contributed by atoms with Gasteiger partial charge in [0, 0.05) is 6.04 Å². The van der Waals surface area contributed by atoms with E-state index in [1.54, 1.807) is 18.2 Å². The molecule has 1 aromatic carbocycles. The summed E-state index contributed by atoms with van der Waals surface area (Å²) in [5.41, 5.74) is 0.329. The fraction of sp³-hybridized carbons (Fsp3) is 0.500. The van der Waals surface area contributed by atoms with Crippen molar-refractivity contribution in [3.05, 3.63) is 35.6 Å². The van der Waals surface area contributed by atoms with Gasteiger partial charge < -0.3 is 10.4 Å². The molecule has 1 aromatic rings. The molecule has 2 atom stereocenters. The van der Waals surface area contributed by atoms with Gasteiger partial charge in [-0.1, -0.05) is 37.5 Å². The summed E-state index contributed by atoms with van der Waals surface area (Å²) in [6.07, 6.45) is 3.96. The van der Waals surface area contributed by atoms with E-state index < -0.39 is 17.7 Å². The number of halogens is 1. The van der Waals surface area contributed by atoms with E-state index in [1.165, 1.54) is 6.07 Å². The number of carbonyl (C=O) groups is 2. The van der Waals surface area contributed by atoms with Crippen LogP contribution in [0.1, 0.15) is 37.7 Å². The lowest BCUT2D eigenvalue weighted by atomic mass is 9.94. The molecule has 0 radical (unpaired) electrons. The Labute approximate surface area is 123 Å². The van der Waals surface area contributed by atoms with E-state index in [0.29, 0.717) is 18.4 Å². The Hall–Kier alpha value is -1.91. The minimum Gasteiger partial charge on any atom is -0.481 e. The average Bonchev–Trinajstić information content (AvgIpc) is 2.67. The second kappa shape index (κ2) is 7.20. The standard InChI is InChI=1S/C16H20FNO3/c17-13-8-5-4-6-11(13)10-15(19)18-14-9-3-1-2-7-12(14)16(20)21/h4-6,8,12,14H,1-3,7,9-10H2,(H,18,19)(H,20,21). The summed E-state index contributed by atoms with van der Waals surface area (Å²) in [4.78, 5) is 23.3. The Bertz CT molecular complexity index is 518. The molecule has 2 N–H and O–H groups in total. The third-order valence-electron chi connectivity index (χ3n) is 3.99. The van der Waals surface area contributed by atoms with Gasteiger partial charge in [0.05, 0.1) is 12.3 Å². The molecule has 2 rings (SSSR count). The van der Waals surface area contributed by atoms with Crippen LogP contribution >= 0.6 is 0 Å². The van der Waals surface area contributed by atoms with Crippen molar-refractivity contribution in [2.45, 2.75) is 44.6 Å². The molecule has 0 spiro atoms. The summed E-state index contributed by atoms with van der Waals surface area (Å²) < 4.78 is 13.5. The van der Waals surface area contributed by atoms with Crippen LogP contribution in [0.25, 0.3) is 0 Å². The van der Waals surface area contributed by atoms with Gasteiger partial charge in [-0.15, -0.1) is 0 Å². The van der Waals surface area contributed by atoms with Crippen molar-refractivity contribution in [2.24, 2.45) is 5.92 Å². The predicted molar refractivity (Wildman–Crippen MR) is 76.2 cm³/mol. The summed E-state index contributed by atoms with van der Waals surface area (Å²) in [7, 11) is 0. The van der Waals surface area contributed by atoms with Crippen molar-refractivity contribution in [2.75, 3.05) is 0 Å². The quantitative estimate of drug-likeness (QED) is 0.838. The first-order valence-electron chi connectivity index (χ1n) is 7.33. The number of amides is 1. The summed E-state index contributed by atoms with van der Waals surface area (Å²) in [6, 6.07) is 5.77. The van der Waals surface area contributed by atoms with Crippen LogP contribution in [-0.4, -0.2) is 23.0 Å². The first-order chi connectivity index (χ1) is 10.1. The molecule has 5 heteroatoms. The number of aliphatic carboxylic acids is 1. The van der Waals surface area contributed by atoms with E-state index in [9.17, 15) is 19.1 Å². The van der Waals surface area contributed by atoms with E-state index in [4.69, 9.17) is 0 Å². The SMILES string of the molecule is O=C(Cc1ccccc1F)NC1CCCCCC1C(=O)O. The highest BCUT2D eigenvalue weighted by molar-refractivity contribution is 5.80. The molecule has 4 nitrogen and oxygen atoms in total. The smallest absolute Gasteiger partial charge is 0.308 e. The predicted octanol–water partition coefficient (Wildman–Crippen LogP) is 2.52. The average molecular weight is 293 g/mol. The lowest BCUT2D eigenvalue weighted by Crippen LogP contribution is -2.43. The molecular weight excluding hydrogens is 273 g/mol. The largest absolute Gasteiger partial charge is 0.481 e.